The van der Waals surface area contributed by atoms with E-state index >= 15 is 0 Å². The number of nitrogens with zero attached hydrogens (tertiary/aromatic N) is 1. The molecule has 1 aromatic rings. The van der Waals surface area contributed by atoms with Crippen LogP contribution >= 0.6 is 11.3 Å². The van der Waals surface area contributed by atoms with Crippen molar-refractivity contribution in [2.75, 3.05) is 18.4 Å². The molecule has 7 heteroatoms. The minimum atomic E-state index is -1.00. The molecule has 128 valence electrons. The van der Waals surface area contributed by atoms with E-state index in [1.165, 1.54) is 11.3 Å². The molecule has 0 bridgehead atoms. The Morgan fingerprint density at radius 1 is 1.39 bits per heavy atom. The lowest BCUT2D eigenvalue weighted by Gasteiger charge is -2.26. The Balaban J connectivity index is 2.23. The van der Waals surface area contributed by atoms with Gasteiger partial charge in [0.25, 0.3) is 0 Å². The second-order valence-corrected chi connectivity index (χ2v) is 7.77. The maximum atomic E-state index is 12.0. The van der Waals surface area contributed by atoms with E-state index in [1.54, 1.807) is 20.8 Å². The van der Waals surface area contributed by atoms with Gasteiger partial charge >= 0.3 is 12.1 Å². The van der Waals surface area contributed by atoms with Gasteiger partial charge in [-0.1, -0.05) is 6.92 Å². The van der Waals surface area contributed by atoms with Crippen LogP contribution in [-0.4, -0.2) is 40.8 Å². The van der Waals surface area contributed by atoms with Gasteiger partial charge < -0.3 is 9.84 Å². The maximum Gasteiger partial charge on any atom is 0.412 e. The summed E-state index contributed by atoms with van der Waals surface area (Å²) in [6, 6.07) is 0. The first-order valence-electron chi connectivity index (χ1n) is 7.81. The van der Waals surface area contributed by atoms with Crippen LogP contribution < -0.4 is 5.32 Å². The normalized spacial score (nSPS) is 15.1. The molecular formula is C16H24N2O4S. The summed E-state index contributed by atoms with van der Waals surface area (Å²) in [5, 5.41) is 12.5. The van der Waals surface area contributed by atoms with Crippen LogP contribution in [0.15, 0.2) is 0 Å². The van der Waals surface area contributed by atoms with E-state index in [0.29, 0.717) is 11.4 Å². The fourth-order valence-corrected chi connectivity index (χ4v) is 3.94. The van der Waals surface area contributed by atoms with Crippen LogP contribution in [0.25, 0.3) is 0 Å². The molecule has 1 aliphatic rings. The molecular weight excluding hydrogens is 316 g/mol. The van der Waals surface area contributed by atoms with Crippen LogP contribution in [0.5, 0.6) is 0 Å². The average Bonchev–Trinajstić information content (AvgIpc) is 2.73. The molecule has 2 rings (SSSR count). The number of carboxylic acid groups (broad SMARTS) is 1. The van der Waals surface area contributed by atoms with Gasteiger partial charge in [-0.05, 0) is 45.7 Å². The number of hydrogen-bond acceptors (Lipinski definition) is 5. The molecule has 0 aromatic carbocycles. The zero-order valence-electron chi connectivity index (χ0n) is 14.1. The van der Waals surface area contributed by atoms with Crippen molar-refractivity contribution in [2.24, 2.45) is 0 Å². The van der Waals surface area contributed by atoms with Crippen molar-refractivity contribution in [1.29, 1.82) is 0 Å². The van der Waals surface area contributed by atoms with E-state index in [1.807, 2.05) is 0 Å². The molecule has 2 heterocycles. The maximum absolute atomic E-state index is 12.0. The zero-order chi connectivity index (χ0) is 17.2. The number of hydrogen-bond donors (Lipinski definition) is 2. The number of anilines is 1. The quantitative estimate of drug-likeness (QED) is 0.876. The Morgan fingerprint density at radius 3 is 2.65 bits per heavy atom. The number of carbonyl (C=O) groups is 2. The first-order valence-corrected chi connectivity index (χ1v) is 8.63. The monoisotopic (exact) mass is 340 g/mol. The Labute approximate surface area is 140 Å². The highest BCUT2D eigenvalue weighted by molar-refractivity contribution is 7.17. The van der Waals surface area contributed by atoms with Gasteiger partial charge in [-0.25, -0.2) is 9.59 Å². The fraction of sp³-hybridized carbons (Fsp3) is 0.625. The van der Waals surface area contributed by atoms with Gasteiger partial charge in [0.05, 0.1) is 5.56 Å². The second-order valence-electron chi connectivity index (χ2n) is 6.67. The van der Waals surface area contributed by atoms with Gasteiger partial charge in [0.2, 0.25) is 0 Å². The second kappa shape index (κ2) is 6.88. The third-order valence-corrected chi connectivity index (χ3v) is 4.64. The lowest BCUT2D eigenvalue weighted by atomic mass is 10.0. The number of carbonyl (C=O) groups excluding carboxylic acids is 1. The van der Waals surface area contributed by atoms with E-state index in [-0.39, 0.29) is 5.56 Å². The SMILES string of the molecule is CCCN1CCc2c(sc(NC(=O)OC(C)(C)C)c2C(=O)O)C1. The number of nitrogens with one attached hydrogen (secondary N) is 1. The largest absolute Gasteiger partial charge is 0.478 e. The van der Waals surface area contributed by atoms with Crippen molar-refractivity contribution in [3.05, 3.63) is 16.0 Å². The molecule has 2 N–H and O–H groups in total. The molecule has 0 radical (unpaired) electrons. The Bertz CT molecular complexity index is 604. The topological polar surface area (TPSA) is 78.9 Å². The van der Waals surface area contributed by atoms with Crippen LogP contribution in [0, 0.1) is 0 Å². The van der Waals surface area contributed by atoms with E-state index in [9.17, 15) is 14.7 Å². The lowest BCUT2D eigenvalue weighted by Crippen LogP contribution is -2.30. The lowest BCUT2D eigenvalue weighted by molar-refractivity contribution is 0.0636. The predicted octanol–water partition coefficient (Wildman–Crippen LogP) is 3.56. The first kappa shape index (κ1) is 17.7. The molecule has 1 amide bonds. The Kier molecular flexibility index (Phi) is 5.31. The predicted molar refractivity (Wildman–Crippen MR) is 90.4 cm³/mol. The van der Waals surface area contributed by atoms with Crippen molar-refractivity contribution in [1.82, 2.24) is 4.90 Å². The third kappa shape index (κ3) is 4.45. The van der Waals surface area contributed by atoms with Gasteiger partial charge in [-0.15, -0.1) is 11.3 Å². The number of ether oxygens (including phenoxy) is 1. The third-order valence-electron chi connectivity index (χ3n) is 3.50. The fourth-order valence-electron chi connectivity index (χ4n) is 2.67. The summed E-state index contributed by atoms with van der Waals surface area (Å²) in [7, 11) is 0. The van der Waals surface area contributed by atoms with Gasteiger partial charge in [0, 0.05) is 18.0 Å². The molecule has 1 aliphatic heterocycles. The Hall–Kier alpha value is -1.60. The molecule has 0 saturated carbocycles. The first-order chi connectivity index (χ1) is 10.7. The highest BCUT2D eigenvalue weighted by Gasteiger charge is 2.29. The minimum Gasteiger partial charge on any atom is -0.478 e. The van der Waals surface area contributed by atoms with Crippen LogP contribution in [0.2, 0.25) is 0 Å². The van der Waals surface area contributed by atoms with Crippen molar-refractivity contribution in [2.45, 2.75) is 52.7 Å². The van der Waals surface area contributed by atoms with Gasteiger partial charge in [0.1, 0.15) is 10.6 Å². The summed E-state index contributed by atoms with van der Waals surface area (Å²) in [6.45, 7) is 10.0. The molecule has 0 aliphatic carbocycles. The number of aromatic carboxylic acids is 1. The van der Waals surface area contributed by atoms with Crippen LogP contribution in [0.1, 0.15) is 54.9 Å². The molecule has 23 heavy (non-hydrogen) atoms. The molecule has 0 fully saturated rings. The van der Waals surface area contributed by atoms with E-state index in [4.69, 9.17) is 4.74 Å². The summed E-state index contributed by atoms with van der Waals surface area (Å²) < 4.78 is 5.22. The van der Waals surface area contributed by atoms with E-state index in [0.717, 1.165) is 36.5 Å². The summed E-state index contributed by atoms with van der Waals surface area (Å²) in [5.74, 6) is -1.00. The van der Waals surface area contributed by atoms with E-state index in [2.05, 4.69) is 17.1 Å². The standard InChI is InChI=1S/C16H24N2O4S/c1-5-7-18-8-6-10-11(9-18)23-13(12(10)14(19)20)17-15(21)22-16(2,3)4/h5-9H2,1-4H3,(H,17,21)(H,19,20). The van der Waals surface area contributed by atoms with Crippen LogP contribution in [0.3, 0.4) is 0 Å². The van der Waals surface area contributed by atoms with Gasteiger partial charge in [0.15, 0.2) is 0 Å². The smallest absolute Gasteiger partial charge is 0.412 e. The number of fused-ring (bicyclic) bond motifs is 1. The molecule has 1 aromatic heterocycles. The zero-order valence-corrected chi connectivity index (χ0v) is 14.9. The molecule has 6 nitrogen and oxygen atoms in total. The summed E-state index contributed by atoms with van der Waals surface area (Å²) in [6.07, 6.45) is 1.14. The number of carboxylic acids is 1. The number of rotatable bonds is 4. The highest BCUT2D eigenvalue weighted by atomic mass is 32.1. The summed E-state index contributed by atoms with van der Waals surface area (Å²) in [4.78, 5) is 26.9. The number of thiophene rings is 1. The molecule has 0 saturated heterocycles. The van der Waals surface area contributed by atoms with Crippen molar-refractivity contribution >= 4 is 28.4 Å². The van der Waals surface area contributed by atoms with Crippen molar-refractivity contribution < 1.29 is 19.4 Å². The highest BCUT2D eigenvalue weighted by Crippen LogP contribution is 2.37. The van der Waals surface area contributed by atoms with Crippen molar-refractivity contribution in [3.63, 3.8) is 0 Å². The molecule has 0 spiro atoms. The van der Waals surface area contributed by atoms with Crippen LogP contribution in [-0.2, 0) is 17.7 Å². The Morgan fingerprint density at radius 2 is 2.09 bits per heavy atom. The van der Waals surface area contributed by atoms with Crippen LogP contribution in [0.4, 0.5) is 9.80 Å². The summed E-state index contributed by atoms with van der Waals surface area (Å²) >= 11 is 1.34. The minimum absolute atomic E-state index is 0.215. The van der Waals surface area contributed by atoms with Gasteiger partial charge in [-0.3, -0.25) is 10.2 Å². The van der Waals surface area contributed by atoms with E-state index < -0.39 is 17.7 Å². The summed E-state index contributed by atoms with van der Waals surface area (Å²) in [5.41, 5.74) is 0.440. The molecule has 0 unspecified atom stereocenters. The average molecular weight is 340 g/mol. The molecule has 0 atom stereocenters. The van der Waals surface area contributed by atoms with Gasteiger partial charge in [-0.2, -0.15) is 0 Å². The number of amides is 1. The van der Waals surface area contributed by atoms with Crippen molar-refractivity contribution in [3.8, 4) is 0 Å².